The molecule has 0 saturated heterocycles. The summed E-state index contributed by atoms with van der Waals surface area (Å²) in [5.41, 5.74) is 0. The highest BCUT2D eigenvalue weighted by Gasteiger charge is 2.28. The van der Waals surface area contributed by atoms with Gasteiger partial charge in [0.25, 0.3) is 0 Å². The molecule has 0 spiro atoms. The molecule has 0 aliphatic carbocycles. The van der Waals surface area contributed by atoms with E-state index in [0.717, 1.165) is 0 Å². The average molecular weight is 214 g/mol. The smallest absolute Gasteiger partial charge is 0.238 e. The molecule has 0 aliphatic heterocycles. The summed E-state index contributed by atoms with van der Waals surface area (Å²) in [6, 6.07) is 5.08. The maximum atomic E-state index is 11.7. The molecule has 0 saturated carbocycles. The number of nitrogens with one attached hydrogen (secondary N) is 1. The van der Waals surface area contributed by atoms with E-state index in [9.17, 15) is 8.42 Å². The molecule has 0 bridgehead atoms. The lowest BCUT2D eigenvalue weighted by atomic mass is 10.3. The zero-order chi connectivity index (χ0) is 10.8. The van der Waals surface area contributed by atoms with E-state index in [1.807, 2.05) is 0 Å². The molecule has 0 aliphatic rings. The van der Waals surface area contributed by atoms with Crippen LogP contribution in [0.3, 0.4) is 0 Å². The van der Waals surface area contributed by atoms with Crippen LogP contribution in [0.15, 0.2) is 24.4 Å². The third kappa shape index (κ3) is 2.45. The molecule has 14 heavy (non-hydrogen) atoms. The summed E-state index contributed by atoms with van der Waals surface area (Å²) < 4.78 is 24.9. The average Bonchev–Trinajstić information content (AvgIpc) is 2.03. The fourth-order valence-electron chi connectivity index (χ4n) is 0.714. The van der Waals surface area contributed by atoms with Gasteiger partial charge in [0.2, 0.25) is 10.0 Å². The Morgan fingerprint density at radius 2 is 1.93 bits per heavy atom. The Bertz CT molecular complexity index is 393. The molecule has 0 atom stereocenters. The molecule has 1 aromatic heterocycles. The molecule has 0 unspecified atom stereocenters. The summed E-state index contributed by atoms with van der Waals surface area (Å²) in [6.45, 7) is 4.91. The molecule has 0 amide bonds. The van der Waals surface area contributed by atoms with Crippen LogP contribution in [0.25, 0.3) is 0 Å². The number of anilines is 1. The minimum atomic E-state index is -3.36. The Hall–Kier alpha value is -1.10. The lowest BCUT2D eigenvalue weighted by Crippen LogP contribution is -2.33. The van der Waals surface area contributed by atoms with Crippen LogP contribution in [0.4, 0.5) is 5.82 Å². The van der Waals surface area contributed by atoms with Crippen LogP contribution in [0, 0.1) is 0 Å². The molecular weight excluding hydrogens is 200 g/mol. The van der Waals surface area contributed by atoms with Gasteiger partial charge in [-0.2, -0.15) is 0 Å². The van der Waals surface area contributed by atoms with Crippen LogP contribution in [-0.2, 0) is 10.0 Å². The largest absolute Gasteiger partial charge is 0.267 e. The normalized spacial score (nSPS) is 12.5. The van der Waals surface area contributed by atoms with Crippen LogP contribution in [-0.4, -0.2) is 18.1 Å². The molecule has 1 heterocycles. The quantitative estimate of drug-likeness (QED) is 0.813. The van der Waals surface area contributed by atoms with Gasteiger partial charge in [-0.15, -0.1) is 0 Å². The summed E-state index contributed by atoms with van der Waals surface area (Å²) in [6.07, 6.45) is 1.54. The first-order chi connectivity index (χ1) is 6.33. The van der Waals surface area contributed by atoms with E-state index in [-0.39, 0.29) is 0 Å². The van der Waals surface area contributed by atoms with Gasteiger partial charge in [0.05, 0.1) is 4.75 Å². The number of hydrogen-bond acceptors (Lipinski definition) is 3. The van der Waals surface area contributed by atoms with Crippen molar-refractivity contribution in [3.8, 4) is 0 Å². The summed E-state index contributed by atoms with van der Waals surface area (Å²) >= 11 is 0. The Labute approximate surface area is 84.4 Å². The highest BCUT2D eigenvalue weighted by Crippen LogP contribution is 2.17. The lowest BCUT2D eigenvalue weighted by molar-refractivity contribution is 0.566. The van der Waals surface area contributed by atoms with Gasteiger partial charge in [0.15, 0.2) is 0 Å². The molecule has 1 aromatic rings. The van der Waals surface area contributed by atoms with Crippen molar-refractivity contribution >= 4 is 15.8 Å². The lowest BCUT2D eigenvalue weighted by Gasteiger charge is -2.19. The number of pyridine rings is 1. The zero-order valence-electron chi connectivity index (χ0n) is 8.48. The topological polar surface area (TPSA) is 59.1 Å². The molecule has 1 rings (SSSR count). The van der Waals surface area contributed by atoms with Gasteiger partial charge in [-0.3, -0.25) is 4.72 Å². The van der Waals surface area contributed by atoms with E-state index in [4.69, 9.17) is 0 Å². The van der Waals surface area contributed by atoms with E-state index in [2.05, 4.69) is 9.71 Å². The number of nitrogens with zero attached hydrogens (tertiary/aromatic N) is 1. The predicted octanol–water partition coefficient (Wildman–Crippen LogP) is 1.62. The Balaban J connectivity index is 2.91. The molecule has 4 nitrogen and oxygen atoms in total. The zero-order valence-corrected chi connectivity index (χ0v) is 9.30. The summed E-state index contributed by atoms with van der Waals surface area (Å²) in [4.78, 5) is 3.89. The second-order valence-corrected chi connectivity index (χ2v) is 6.37. The number of hydrogen-bond donors (Lipinski definition) is 1. The first-order valence-electron chi connectivity index (χ1n) is 4.26. The standard InChI is InChI=1S/C9H14N2O2S/c1-9(2,3)14(12,13)11-8-6-4-5-7-10-8/h4-7H,1-3H3,(H,10,11). The third-order valence-corrected chi connectivity index (χ3v) is 3.80. The van der Waals surface area contributed by atoms with Crippen molar-refractivity contribution in [1.29, 1.82) is 0 Å². The van der Waals surface area contributed by atoms with Crippen molar-refractivity contribution in [1.82, 2.24) is 4.98 Å². The highest BCUT2D eigenvalue weighted by molar-refractivity contribution is 7.94. The first-order valence-corrected chi connectivity index (χ1v) is 5.75. The molecule has 78 valence electrons. The fraction of sp³-hybridized carbons (Fsp3) is 0.444. The maximum Gasteiger partial charge on any atom is 0.238 e. The van der Waals surface area contributed by atoms with Gasteiger partial charge in [0, 0.05) is 6.20 Å². The van der Waals surface area contributed by atoms with E-state index >= 15 is 0 Å². The predicted molar refractivity (Wildman–Crippen MR) is 56.5 cm³/mol. The Morgan fingerprint density at radius 3 is 2.36 bits per heavy atom. The minimum absolute atomic E-state index is 0.349. The summed E-state index contributed by atoms with van der Waals surface area (Å²) in [7, 11) is -3.36. The van der Waals surface area contributed by atoms with Gasteiger partial charge in [0.1, 0.15) is 5.82 Å². The second kappa shape index (κ2) is 3.57. The minimum Gasteiger partial charge on any atom is -0.267 e. The van der Waals surface area contributed by atoms with Crippen LogP contribution in [0.1, 0.15) is 20.8 Å². The third-order valence-electron chi connectivity index (χ3n) is 1.71. The summed E-state index contributed by atoms with van der Waals surface area (Å²) in [5, 5.41) is 0. The van der Waals surface area contributed by atoms with E-state index in [1.165, 1.54) is 0 Å². The number of sulfonamides is 1. The van der Waals surface area contributed by atoms with Crippen molar-refractivity contribution in [3.05, 3.63) is 24.4 Å². The van der Waals surface area contributed by atoms with Crippen molar-refractivity contribution in [2.24, 2.45) is 0 Å². The van der Waals surface area contributed by atoms with E-state index in [0.29, 0.717) is 5.82 Å². The molecule has 1 N–H and O–H groups in total. The van der Waals surface area contributed by atoms with E-state index in [1.54, 1.807) is 45.2 Å². The van der Waals surface area contributed by atoms with Crippen molar-refractivity contribution in [3.63, 3.8) is 0 Å². The van der Waals surface area contributed by atoms with Crippen LogP contribution >= 0.6 is 0 Å². The summed E-state index contributed by atoms with van der Waals surface area (Å²) in [5.74, 6) is 0.349. The fourth-order valence-corrected chi connectivity index (χ4v) is 1.42. The molecule has 5 heteroatoms. The Morgan fingerprint density at radius 1 is 1.29 bits per heavy atom. The van der Waals surface area contributed by atoms with Gasteiger partial charge in [-0.05, 0) is 32.9 Å². The van der Waals surface area contributed by atoms with Crippen LogP contribution < -0.4 is 4.72 Å². The van der Waals surface area contributed by atoms with Crippen molar-refractivity contribution in [2.75, 3.05) is 4.72 Å². The molecule has 0 radical (unpaired) electrons. The molecule has 0 aromatic carbocycles. The van der Waals surface area contributed by atoms with Gasteiger partial charge in [-0.1, -0.05) is 6.07 Å². The highest BCUT2D eigenvalue weighted by atomic mass is 32.2. The molecular formula is C9H14N2O2S. The van der Waals surface area contributed by atoms with Gasteiger partial charge >= 0.3 is 0 Å². The van der Waals surface area contributed by atoms with Crippen molar-refractivity contribution in [2.45, 2.75) is 25.5 Å². The van der Waals surface area contributed by atoms with Crippen LogP contribution in [0.2, 0.25) is 0 Å². The monoisotopic (exact) mass is 214 g/mol. The van der Waals surface area contributed by atoms with Crippen molar-refractivity contribution < 1.29 is 8.42 Å². The molecule has 0 fully saturated rings. The number of aromatic nitrogens is 1. The van der Waals surface area contributed by atoms with Gasteiger partial charge in [-0.25, -0.2) is 13.4 Å². The van der Waals surface area contributed by atoms with Gasteiger partial charge < -0.3 is 0 Å². The van der Waals surface area contributed by atoms with Crippen LogP contribution in [0.5, 0.6) is 0 Å². The first kappa shape index (κ1) is 11.0. The second-order valence-electron chi connectivity index (χ2n) is 3.93. The Kier molecular flexibility index (Phi) is 2.80. The van der Waals surface area contributed by atoms with E-state index < -0.39 is 14.8 Å². The maximum absolute atomic E-state index is 11.7. The number of rotatable bonds is 2. The SMILES string of the molecule is CC(C)(C)S(=O)(=O)Nc1ccccn1.